The quantitative estimate of drug-likeness (QED) is 0.430. The van der Waals surface area contributed by atoms with E-state index in [0.29, 0.717) is 36.4 Å². The van der Waals surface area contributed by atoms with Crippen LogP contribution in [0.3, 0.4) is 0 Å². The van der Waals surface area contributed by atoms with Crippen molar-refractivity contribution in [3.05, 3.63) is 45.7 Å². The van der Waals surface area contributed by atoms with Crippen LogP contribution in [0, 0.1) is 10.1 Å². The van der Waals surface area contributed by atoms with E-state index in [2.05, 4.69) is 25.5 Å². The van der Waals surface area contributed by atoms with Crippen molar-refractivity contribution in [3.63, 3.8) is 0 Å². The second-order valence-corrected chi connectivity index (χ2v) is 6.08. The molecule has 1 aliphatic heterocycles. The first-order valence-electron chi connectivity index (χ1n) is 8.20. The number of morpholine rings is 1. The highest BCUT2D eigenvalue weighted by molar-refractivity contribution is 6.29. The standard InChI is InChI=1S/C16H19ClN6O3/c17-14-11-12(3-4-18-14)20-15-2-1-13(23(24)25)16(21-15)19-5-6-22-7-9-26-10-8-22/h1-4,11H,5-10H2,(H2,18,19,20,21). The molecule has 0 saturated carbocycles. The summed E-state index contributed by atoms with van der Waals surface area (Å²) in [6, 6.07) is 6.37. The number of aromatic nitrogens is 2. The van der Waals surface area contributed by atoms with E-state index in [1.54, 1.807) is 24.4 Å². The van der Waals surface area contributed by atoms with Crippen LogP contribution in [0.25, 0.3) is 0 Å². The molecular formula is C16H19ClN6O3. The zero-order valence-corrected chi connectivity index (χ0v) is 14.8. The van der Waals surface area contributed by atoms with Crippen LogP contribution in [-0.4, -0.2) is 59.2 Å². The monoisotopic (exact) mass is 378 g/mol. The van der Waals surface area contributed by atoms with Gasteiger partial charge in [-0.3, -0.25) is 15.0 Å². The molecule has 0 radical (unpaired) electrons. The van der Waals surface area contributed by atoms with Crippen molar-refractivity contribution in [1.82, 2.24) is 14.9 Å². The van der Waals surface area contributed by atoms with Crippen molar-refractivity contribution in [3.8, 4) is 0 Å². The van der Waals surface area contributed by atoms with Crippen LogP contribution in [0.15, 0.2) is 30.5 Å². The molecule has 9 nitrogen and oxygen atoms in total. The maximum atomic E-state index is 11.3. The summed E-state index contributed by atoms with van der Waals surface area (Å²) in [7, 11) is 0. The van der Waals surface area contributed by atoms with Crippen LogP contribution in [0.2, 0.25) is 5.15 Å². The minimum Gasteiger partial charge on any atom is -0.379 e. The van der Waals surface area contributed by atoms with Crippen LogP contribution in [0.4, 0.5) is 23.0 Å². The molecule has 1 fully saturated rings. The minimum atomic E-state index is -0.447. The molecule has 0 bridgehead atoms. The molecule has 0 aliphatic carbocycles. The van der Waals surface area contributed by atoms with Gasteiger partial charge in [0.1, 0.15) is 11.0 Å². The molecule has 3 heterocycles. The van der Waals surface area contributed by atoms with Crippen LogP contribution in [-0.2, 0) is 4.74 Å². The maximum absolute atomic E-state index is 11.3. The van der Waals surface area contributed by atoms with Crippen molar-refractivity contribution in [2.24, 2.45) is 0 Å². The number of nitrogens with one attached hydrogen (secondary N) is 2. The molecule has 2 N–H and O–H groups in total. The van der Waals surface area contributed by atoms with Crippen LogP contribution in [0.5, 0.6) is 0 Å². The highest BCUT2D eigenvalue weighted by Gasteiger charge is 2.17. The van der Waals surface area contributed by atoms with E-state index in [0.717, 1.165) is 19.6 Å². The fourth-order valence-corrected chi connectivity index (χ4v) is 2.76. The van der Waals surface area contributed by atoms with Gasteiger partial charge in [-0.05, 0) is 18.2 Å². The molecule has 3 rings (SSSR count). The average molecular weight is 379 g/mol. The second-order valence-electron chi connectivity index (χ2n) is 5.69. The smallest absolute Gasteiger partial charge is 0.311 e. The first kappa shape index (κ1) is 18.3. The molecule has 138 valence electrons. The topological polar surface area (TPSA) is 105 Å². The Labute approximate surface area is 155 Å². The molecule has 10 heteroatoms. The molecule has 0 unspecified atom stereocenters. The molecular weight excluding hydrogens is 360 g/mol. The first-order chi connectivity index (χ1) is 12.6. The minimum absolute atomic E-state index is 0.0645. The van der Waals surface area contributed by atoms with Gasteiger partial charge in [0.05, 0.1) is 18.1 Å². The van der Waals surface area contributed by atoms with E-state index in [4.69, 9.17) is 16.3 Å². The maximum Gasteiger partial charge on any atom is 0.311 e. The molecule has 0 atom stereocenters. The summed E-state index contributed by atoms with van der Waals surface area (Å²) in [6.07, 6.45) is 1.57. The number of nitro groups is 1. The summed E-state index contributed by atoms with van der Waals surface area (Å²) < 4.78 is 5.31. The summed E-state index contributed by atoms with van der Waals surface area (Å²) in [5.74, 6) is 0.708. The van der Waals surface area contributed by atoms with Gasteiger partial charge in [0.2, 0.25) is 5.82 Å². The Hall–Kier alpha value is -2.49. The largest absolute Gasteiger partial charge is 0.379 e. The molecule has 26 heavy (non-hydrogen) atoms. The van der Waals surface area contributed by atoms with E-state index >= 15 is 0 Å². The second kappa shape index (κ2) is 8.75. The van der Waals surface area contributed by atoms with Gasteiger partial charge in [0.25, 0.3) is 0 Å². The van der Waals surface area contributed by atoms with Crippen molar-refractivity contribution < 1.29 is 9.66 Å². The first-order valence-corrected chi connectivity index (χ1v) is 8.57. The summed E-state index contributed by atoms with van der Waals surface area (Å²) in [4.78, 5) is 21.3. The predicted molar refractivity (Wildman–Crippen MR) is 99.2 cm³/mol. The number of halogens is 1. The molecule has 2 aromatic rings. The van der Waals surface area contributed by atoms with Crippen LogP contribution < -0.4 is 10.6 Å². The number of ether oxygens (including phenoxy) is 1. The lowest BCUT2D eigenvalue weighted by Gasteiger charge is -2.26. The fourth-order valence-electron chi connectivity index (χ4n) is 2.58. The Kier molecular flexibility index (Phi) is 6.16. The summed E-state index contributed by atoms with van der Waals surface area (Å²) in [6.45, 7) is 4.47. The van der Waals surface area contributed by atoms with E-state index in [9.17, 15) is 10.1 Å². The van der Waals surface area contributed by atoms with Crippen molar-refractivity contribution >= 4 is 34.6 Å². The highest BCUT2D eigenvalue weighted by atomic mass is 35.5. The lowest BCUT2D eigenvalue weighted by atomic mass is 10.3. The molecule has 2 aromatic heterocycles. The molecule has 1 saturated heterocycles. The van der Waals surface area contributed by atoms with E-state index in [1.807, 2.05) is 0 Å². The van der Waals surface area contributed by atoms with Gasteiger partial charge in [-0.2, -0.15) is 0 Å². The molecule has 0 amide bonds. The lowest BCUT2D eigenvalue weighted by Crippen LogP contribution is -2.39. The fraction of sp³-hybridized carbons (Fsp3) is 0.375. The third-order valence-corrected chi connectivity index (χ3v) is 4.10. The third-order valence-electron chi connectivity index (χ3n) is 3.89. The Balaban J connectivity index is 1.68. The van der Waals surface area contributed by atoms with Gasteiger partial charge in [-0.1, -0.05) is 11.6 Å². The Morgan fingerprint density at radius 2 is 2.12 bits per heavy atom. The van der Waals surface area contributed by atoms with E-state index in [-0.39, 0.29) is 11.5 Å². The van der Waals surface area contributed by atoms with Crippen molar-refractivity contribution in [2.75, 3.05) is 50.0 Å². The Morgan fingerprint density at radius 3 is 2.85 bits per heavy atom. The molecule has 0 spiro atoms. The van der Waals surface area contributed by atoms with Gasteiger partial charge in [-0.25, -0.2) is 9.97 Å². The normalized spacial score (nSPS) is 14.8. The zero-order chi connectivity index (χ0) is 18.4. The summed E-state index contributed by atoms with van der Waals surface area (Å²) in [5, 5.41) is 17.7. The van der Waals surface area contributed by atoms with Gasteiger partial charge in [-0.15, -0.1) is 0 Å². The summed E-state index contributed by atoms with van der Waals surface area (Å²) in [5.41, 5.74) is 0.635. The van der Waals surface area contributed by atoms with Crippen molar-refractivity contribution in [2.45, 2.75) is 0 Å². The highest BCUT2D eigenvalue weighted by Crippen LogP contribution is 2.26. The predicted octanol–water partition coefficient (Wildman–Crippen LogP) is 2.53. The average Bonchev–Trinajstić information content (AvgIpc) is 2.63. The molecule has 0 aromatic carbocycles. The number of nitrogens with zero attached hydrogens (tertiary/aromatic N) is 4. The van der Waals surface area contributed by atoms with Gasteiger partial charge in [0, 0.05) is 44.1 Å². The number of hydrogen-bond acceptors (Lipinski definition) is 8. The number of anilines is 3. The number of pyridine rings is 2. The zero-order valence-electron chi connectivity index (χ0n) is 14.0. The molecule has 1 aliphatic rings. The summed E-state index contributed by atoms with van der Waals surface area (Å²) >= 11 is 5.86. The number of rotatable bonds is 7. The SMILES string of the molecule is O=[N+]([O-])c1ccc(Nc2ccnc(Cl)c2)nc1NCCN1CCOCC1. The van der Waals surface area contributed by atoms with Crippen LogP contribution >= 0.6 is 11.6 Å². The van der Waals surface area contributed by atoms with Crippen LogP contribution in [0.1, 0.15) is 0 Å². The van der Waals surface area contributed by atoms with Gasteiger partial charge >= 0.3 is 5.69 Å². The Morgan fingerprint density at radius 1 is 1.31 bits per heavy atom. The van der Waals surface area contributed by atoms with Crippen molar-refractivity contribution in [1.29, 1.82) is 0 Å². The van der Waals surface area contributed by atoms with E-state index < -0.39 is 4.92 Å². The van der Waals surface area contributed by atoms with Gasteiger partial charge in [0.15, 0.2) is 0 Å². The number of hydrogen-bond donors (Lipinski definition) is 2. The van der Waals surface area contributed by atoms with E-state index in [1.165, 1.54) is 6.07 Å². The van der Waals surface area contributed by atoms with Gasteiger partial charge < -0.3 is 15.4 Å². The lowest BCUT2D eigenvalue weighted by molar-refractivity contribution is -0.384. The third kappa shape index (κ3) is 5.01. The Bertz CT molecular complexity index is 769.